The molecule has 0 aliphatic carbocycles. The van der Waals surface area contributed by atoms with Crippen LogP contribution in [0.2, 0.25) is 10.0 Å². The van der Waals surface area contributed by atoms with Gasteiger partial charge in [0.2, 0.25) is 0 Å². The molecule has 25 heavy (non-hydrogen) atoms. The van der Waals surface area contributed by atoms with Crippen molar-refractivity contribution < 1.29 is 4.74 Å². The SMILES string of the molecule is COc1ccc(CNc2cc(Nc3cc(Cl)cc(Cl)c3)ncn2)cc1. The fourth-order valence-electron chi connectivity index (χ4n) is 2.23. The van der Waals surface area contributed by atoms with Gasteiger partial charge in [-0.3, -0.25) is 0 Å². The Balaban J connectivity index is 1.66. The van der Waals surface area contributed by atoms with Gasteiger partial charge in [-0.2, -0.15) is 0 Å². The lowest BCUT2D eigenvalue weighted by molar-refractivity contribution is 0.414. The van der Waals surface area contributed by atoms with Crippen molar-refractivity contribution in [3.63, 3.8) is 0 Å². The first kappa shape index (κ1) is 17.3. The van der Waals surface area contributed by atoms with Crippen LogP contribution in [0.5, 0.6) is 5.75 Å². The molecule has 0 aliphatic rings. The maximum absolute atomic E-state index is 6.01. The Bertz CT molecular complexity index is 836. The third-order valence-corrected chi connectivity index (χ3v) is 3.87. The minimum Gasteiger partial charge on any atom is -0.497 e. The van der Waals surface area contributed by atoms with E-state index in [-0.39, 0.29) is 0 Å². The highest BCUT2D eigenvalue weighted by atomic mass is 35.5. The normalized spacial score (nSPS) is 10.4. The summed E-state index contributed by atoms with van der Waals surface area (Å²) < 4.78 is 5.15. The number of aromatic nitrogens is 2. The molecular weight excluding hydrogens is 359 g/mol. The summed E-state index contributed by atoms with van der Waals surface area (Å²) in [6, 6.07) is 14.9. The second-order valence-electron chi connectivity index (χ2n) is 5.27. The van der Waals surface area contributed by atoms with Gasteiger partial charge < -0.3 is 15.4 Å². The van der Waals surface area contributed by atoms with E-state index in [1.54, 1.807) is 25.3 Å². The predicted octanol–water partition coefficient (Wildman–Crippen LogP) is 5.15. The lowest BCUT2D eigenvalue weighted by atomic mass is 10.2. The summed E-state index contributed by atoms with van der Waals surface area (Å²) in [5.74, 6) is 2.18. The molecule has 2 aromatic carbocycles. The first-order chi connectivity index (χ1) is 12.1. The van der Waals surface area contributed by atoms with E-state index in [1.807, 2.05) is 30.3 Å². The first-order valence-electron chi connectivity index (χ1n) is 7.54. The van der Waals surface area contributed by atoms with Gasteiger partial charge in [0, 0.05) is 28.3 Å². The molecule has 0 aliphatic heterocycles. The van der Waals surface area contributed by atoms with Crippen LogP contribution < -0.4 is 15.4 Å². The molecule has 128 valence electrons. The Morgan fingerprint density at radius 1 is 0.920 bits per heavy atom. The topological polar surface area (TPSA) is 59.1 Å². The van der Waals surface area contributed by atoms with Gasteiger partial charge in [0.1, 0.15) is 23.7 Å². The fourth-order valence-corrected chi connectivity index (χ4v) is 2.76. The third-order valence-electron chi connectivity index (χ3n) is 3.43. The molecule has 0 saturated carbocycles. The van der Waals surface area contributed by atoms with Crippen LogP contribution in [0.25, 0.3) is 0 Å². The molecule has 0 bridgehead atoms. The van der Waals surface area contributed by atoms with Crippen LogP contribution >= 0.6 is 23.2 Å². The Morgan fingerprint density at radius 2 is 1.60 bits per heavy atom. The van der Waals surface area contributed by atoms with E-state index in [4.69, 9.17) is 27.9 Å². The zero-order chi connectivity index (χ0) is 17.6. The van der Waals surface area contributed by atoms with Gasteiger partial charge in [0.05, 0.1) is 7.11 Å². The van der Waals surface area contributed by atoms with E-state index in [0.717, 1.165) is 17.0 Å². The number of hydrogen-bond acceptors (Lipinski definition) is 5. The number of anilines is 3. The summed E-state index contributed by atoms with van der Waals surface area (Å²) in [5, 5.41) is 7.54. The number of nitrogens with zero attached hydrogens (tertiary/aromatic N) is 2. The lowest BCUT2D eigenvalue weighted by Gasteiger charge is -2.10. The van der Waals surface area contributed by atoms with Crippen molar-refractivity contribution >= 4 is 40.5 Å². The number of hydrogen-bond donors (Lipinski definition) is 2. The average Bonchev–Trinajstić information content (AvgIpc) is 2.60. The Kier molecular flexibility index (Phi) is 5.58. The van der Waals surface area contributed by atoms with Crippen LogP contribution in [-0.2, 0) is 6.54 Å². The van der Waals surface area contributed by atoms with Gasteiger partial charge >= 0.3 is 0 Å². The number of benzene rings is 2. The van der Waals surface area contributed by atoms with Crippen LogP contribution in [-0.4, -0.2) is 17.1 Å². The zero-order valence-corrected chi connectivity index (χ0v) is 15.0. The number of rotatable bonds is 6. The summed E-state index contributed by atoms with van der Waals surface area (Å²) in [4.78, 5) is 8.43. The maximum atomic E-state index is 6.01. The smallest absolute Gasteiger partial charge is 0.135 e. The average molecular weight is 375 g/mol. The third kappa shape index (κ3) is 4.98. The summed E-state index contributed by atoms with van der Waals surface area (Å²) in [7, 11) is 1.65. The van der Waals surface area contributed by atoms with Gasteiger partial charge in [-0.15, -0.1) is 0 Å². The molecule has 3 aromatic rings. The van der Waals surface area contributed by atoms with Crippen LogP contribution in [0, 0.1) is 0 Å². The first-order valence-corrected chi connectivity index (χ1v) is 8.30. The monoisotopic (exact) mass is 374 g/mol. The van der Waals surface area contributed by atoms with Gasteiger partial charge in [-0.1, -0.05) is 35.3 Å². The van der Waals surface area contributed by atoms with Crippen molar-refractivity contribution in [2.24, 2.45) is 0 Å². The van der Waals surface area contributed by atoms with Crippen LogP contribution in [0.3, 0.4) is 0 Å². The summed E-state index contributed by atoms with van der Waals surface area (Å²) in [6.45, 7) is 0.642. The van der Waals surface area contributed by atoms with Crippen LogP contribution in [0.1, 0.15) is 5.56 Å². The summed E-state index contributed by atoms with van der Waals surface area (Å²) in [5.41, 5.74) is 1.88. The molecule has 0 fully saturated rings. The van der Waals surface area contributed by atoms with Crippen molar-refractivity contribution in [1.29, 1.82) is 0 Å². The minimum absolute atomic E-state index is 0.557. The standard InChI is InChI=1S/C18H16Cl2N4O/c1-25-16-4-2-12(3-5-16)10-21-17-9-18(23-11-22-17)24-15-7-13(19)6-14(20)8-15/h2-9,11H,10H2,1H3,(H2,21,22,23,24). The molecular formula is C18H16Cl2N4O. The Hall–Kier alpha value is -2.50. The maximum Gasteiger partial charge on any atom is 0.135 e. The minimum atomic E-state index is 0.557. The van der Waals surface area contributed by atoms with Gasteiger partial charge in [-0.05, 0) is 35.9 Å². The molecule has 1 heterocycles. The van der Waals surface area contributed by atoms with Crippen LogP contribution in [0.15, 0.2) is 54.9 Å². The molecule has 5 nitrogen and oxygen atoms in total. The molecule has 1 aromatic heterocycles. The molecule has 0 saturated heterocycles. The number of nitrogens with one attached hydrogen (secondary N) is 2. The van der Waals surface area contributed by atoms with E-state index >= 15 is 0 Å². The molecule has 0 atom stereocenters. The van der Waals surface area contributed by atoms with E-state index < -0.39 is 0 Å². The molecule has 2 N–H and O–H groups in total. The molecule has 0 spiro atoms. The Labute approximate surface area is 156 Å². The molecule has 0 amide bonds. The quantitative estimate of drug-likeness (QED) is 0.624. The van der Waals surface area contributed by atoms with E-state index in [9.17, 15) is 0 Å². The van der Waals surface area contributed by atoms with Gasteiger partial charge in [0.15, 0.2) is 0 Å². The number of halogens is 2. The fraction of sp³-hybridized carbons (Fsp3) is 0.111. The zero-order valence-electron chi connectivity index (χ0n) is 13.5. The van der Waals surface area contributed by atoms with Gasteiger partial charge in [0.25, 0.3) is 0 Å². The van der Waals surface area contributed by atoms with E-state index in [1.165, 1.54) is 6.33 Å². The van der Waals surface area contributed by atoms with Crippen molar-refractivity contribution in [2.45, 2.75) is 6.54 Å². The van der Waals surface area contributed by atoms with Crippen LogP contribution in [0.4, 0.5) is 17.3 Å². The summed E-state index contributed by atoms with van der Waals surface area (Å²) in [6.07, 6.45) is 1.49. The number of ether oxygens (including phenoxy) is 1. The lowest BCUT2D eigenvalue weighted by Crippen LogP contribution is -2.03. The highest BCUT2D eigenvalue weighted by Gasteiger charge is 2.03. The van der Waals surface area contributed by atoms with E-state index in [0.29, 0.717) is 28.2 Å². The second-order valence-corrected chi connectivity index (χ2v) is 6.15. The predicted molar refractivity (Wildman–Crippen MR) is 102 cm³/mol. The second kappa shape index (κ2) is 8.05. The molecule has 3 rings (SSSR count). The van der Waals surface area contributed by atoms with Crippen molar-refractivity contribution in [2.75, 3.05) is 17.7 Å². The largest absolute Gasteiger partial charge is 0.497 e. The van der Waals surface area contributed by atoms with Crippen molar-refractivity contribution in [3.8, 4) is 5.75 Å². The van der Waals surface area contributed by atoms with E-state index in [2.05, 4.69) is 20.6 Å². The molecule has 0 unspecified atom stereocenters. The Morgan fingerprint density at radius 3 is 2.28 bits per heavy atom. The number of methoxy groups -OCH3 is 1. The highest BCUT2D eigenvalue weighted by Crippen LogP contribution is 2.25. The summed E-state index contributed by atoms with van der Waals surface area (Å²) >= 11 is 12.0. The van der Waals surface area contributed by atoms with Gasteiger partial charge in [-0.25, -0.2) is 9.97 Å². The molecule has 0 radical (unpaired) electrons. The van der Waals surface area contributed by atoms with Crippen molar-refractivity contribution in [3.05, 3.63) is 70.5 Å². The van der Waals surface area contributed by atoms with Crippen molar-refractivity contribution in [1.82, 2.24) is 9.97 Å². The molecule has 7 heteroatoms. The highest BCUT2D eigenvalue weighted by molar-refractivity contribution is 6.35.